The van der Waals surface area contributed by atoms with E-state index in [0.717, 1.165) is 18.7 Å². The van der Waals surface area contributed by atoms with E-state index in [1.165, 1.54) is 31.9 Å². The Morgan fingerprint density at radius 3 is 2.37 bits per heavy atom. The van der Waals surface area contributed by atoms with Crippen molar-refractivity contribution in [3.05, 3.63) is 64.5 Å². The third-order valence-electron chi connectivity index (χ3n) is 5.18. The number of hydrogen-bond donors (Lipinski definition) is 1. The molecule has 2 aromatic carbocycles. The molecule has 1 aliphatic heterocycles. The molecule has 0 radical (unpaired) electrons. The van der Waals surface area contributed by atoms with E-state index in [9.17, 15) is 9.90 Å². The van der Waals surface area contributed by atoms with Crippen LogP contribution in [0.2, 0.25) is 0 Å². The van der Waals surface area contributed by atoms with E-state index in [1.54, 1.807) is 12.1 Å². The number of aromatic hydroxyl groups is 1. The molecule has 1 aromatic heterocycles. The standard InChI is InChI=1S/C22H23NO3.ClH/c24-20-11-10-17-21(25)19(16-8-4-3-5-9-16)15-26-22(17)18(20)14-23-12-6-1-2-7-13-23;/h3-5,8-11,15,24H,1-2,6-7,12-14H2;1H. The fourth-order valence-corrected chi connectivity index (χ4v) is 3.73. The first-order valence-corrected chi connectivity index (χ1v) is 9.28. The Balaban J connectivity index is 0.00000210. The van der Waals surface area contributed by atoms with E-state index in [2.05, 4.69) is 4.90 Å². The van der Waals surface area contributed by atoms with Gasteiger partial charge in [-0.05, 0) is 43.6 Å². The molecule has 4 rings (SSSR count). The van der Waals surface area contributed by atoms with Crippen molar-refractivity contribution in [3.8, 4) is 16.9 Å². The summed E-state index contributed by atoms with van der Waals surface area (Å²) >= 11 is 0. The zero-order valence-electron chi connectivity index (χ0n) is 15.2. The van der Waals surface area contributed by atoms with Crippen molar-refractivity contribution in [2.75, 3.05) is 13.1 Å². The fraction of sp³-hybridized carbons (Fsp3) is 0.318. The van der Waals surface area contributed by atoms with Gasteiger partial charge in [-0.2, -0.15) is 0 Å². The largest absolute Gasteiger partial charge is 0.507 e. The van der Waals surface area contributed by atoms with Crippen molar-refractivity contribution in [1.82, 2.24) is 4.90 Å². The lowest BCUT2D eigenvalue weighted by Crippen LogP contribution is -2.24. The number of fused-ring (bicyclic) bond motifs is 1. The molecule has 27 heavy (non-hydrogen) atoms. The molecular weight excluding hydrogens is 362 g/mol. The molecule has 5 heteroatoms. The van der Waals surface area contributed by atoms with Gasteiger partial charge in [0.2, 0.25) is 5.43 Å². The van der Waals surface area contributed by atoms with Gasteiger partial charge in [-0.15, -0.1) is 12.4 Å². The topological polar surface area (TPSA) is 53.7 Å². The molecule has 0 unspecified atom stereocenters. The molecule has 4 nitrogen and oxygen atoms in total. The van der Waals surface area contributed by atoms with Crippen LogP contribution < -0.4 is 5.43 Å². The summed E-state index contributed by atoms with van der Waals surface area (Å²) in [4.78, 5) is 15.3. The number of likely N-dealkylation sites (tertiary alicyclic amines) is 1. The summed E-state index contributed by atoms with van der Waals surface area (Å²) in [7, 11) is 0. The van der Waals surface area contributed by atoms with Crippen LogP contribution in [-0.4, -0.2) is 23.1 Å². The van der Waals surface area contributed by atoms with Crippen molar-refractivity contribution in [1.29, 1.82) is 0 Å². The van der Waals surface area contributed by atoms with Gasteiger partial charge in [0.25, 0.3) is 0 Å². The summed E-state index contributed by atoms with van der Waals surface area (Å²) < 4.78 is 5.88. The van der Waals surface area contributed by atoms with Crippen LogP contribution in [0.5, 0.6) is 5.75 Å². The molecule has 1 aliphatic rings. The summed E-state index contributed by atoms with van der Waals surface area (Å²) in [6.45, 7) is 2.64. The van der Waals surface area contributed by atoms with Crippen LogP contribution in [0, 0.1) is 0 Å². The zero-order chi connectivity index (χ0) is 17.9. The Morgan fingerprint density at radius 2 is 1.67 bits per heavy atom. The summed E-state index contributed by atoms with van der Waals surface area (Å²) in [5.74, 6) is 0.192. The van der Waals surface area contributed by atoms with E-state index < -0.39 is 0 Å². The predicted molar refractivity (Wildman–Crippen MR) is 111 cm³/mol. The predicted octanol–water partition coefficient (Wildman–Crippen LogP) is 4.96. The fourth-order valence-electron chi connectivity index (χ4n) is 3.73. The summed E-state index contributed by atoms with van der Waals surface area (Å²) in [5, 5.41) is 10.9. The first-order chi connectivity index (χ1) is 12.7. The minimum Gasteiger partial charge on any atom is -0.507 e. The second-order valence-electron chi connectivity index (χ2n) is 6.97. The van der Waals surface area contributed by atoms with Gasteiger partial charge >= 0.3 is 0 Å². The Morgan fingerprint density at radius 1 is 0.963 bits per heavy atom. The van der Waals surface area contributed by atoms with E-state index >= 15 is 0 Å². The normalized spacial score (nSPS) is 15.3. The highest BCUT2D eigenvalue weighted by atomic mass is 35.5. The first kappa shape index (κ1) is 19.5. The highest BCUT2D eigenvalue weighted by Crippen LogP contribution is 2.29. The molecule has 0 saturated carbocycles. The van der Waals surface area contributed by atoms with Crippen molar-refractivity contribution in [2.45, 2.75) is 32.2 Å². The molecule has 1 fully saturated rings. The number of nitrogens with zero attached hydrogens (tertiary/aromatic N) is 1. The summed E-state index contributed by atoms with van der Waals surface area (Å²) in [5.41, 5.74) is 2.53. The lowest BCUT2D eigenvalue weighted by atomic mass is 10.0. The third kappa shape index (κ3) is 4.02. The third-order valence-corrected chi connectivity index (χ3v) is 5.18. The van der Waals surface area contributed by atoms with Crippen molar-refractivity contribution in [3.63, 3.8) is 0 Å². The van der Waals surface area contributed by atoms with Gasteiger partial charge < -0.3 is 9.52 Å². The van der Waals surface area contributed by atoms with Crippen LogP contribution in [0.15, 0.2) is 57.9 Å². The lowest BCUT2D eigenvalue weighted by Gasteiger charge is -2.20. The van der Waals surface area contributed by atoms with Gasteiger partial charge in [-0.1, -0.05) is 43.2 Å². The van der Waals surface area contributed by atoms with Crippen LogP contribution >= 0.6 is 12.4 Å². The molecule has 0 atom stereocenters. The van der Waals surface area contributed by atoms with Gasteiger partial charge in [0, 0.05) is 6.54 Å². The molecule has 0 spiro atoms. The van der Waals surface area contributed by atoms with Crippen LogP contribution in [0.1, 0.15) is 31.2 Å². The second-order valence-corrected chi connectivity index (χ2v) is 6.97. The minimum atomic E-state index is -0.0606. The summed E-state index contributed by atoms with van der Waals surface area (Å²) in [6, 6.07) is 12.8. The molecule has 3 aromatic rings. The van der Waals surface area contributed by atoms with Crippen LogP contribution in [-0.2, 0) is 6.54 Å². The minimum absolute atomic E-state index is 0. The van der Waals surface area contributed by atoms with E-state index in [1.807, 2.05) is 30.3 Å². The first-order valence-electron chi connectivity index (χ1n) is 9.28. The number of hydrogen-bond acceptors (Lipinski definition) is 4. The maximum absolute atomic E-state index is 13.0. The molecular formula is C22H24ClNO3. The van der Waals surface area contributed by atoms with Gasteiger partial charge in [0.15, 0.2) is 0 Å². The summed E-state index contributed by atoms with van der Waals surface area (Å²) in [6.07, 6.45) is 6.38. The number of halogens is 1. The number of rotatable bonds is 3. The molecule has 0 bridgehead atoms. The van der Waals surface area contributed by atoms with Gasteiger partial charge in [0.1, 0.15) is 17.6 Å². The average Bonchev–Trinajstić information content (AvgIpc) is 2.94. The van der Waals surface area contributed by atoms with Crippen LogP contribution in [0.3, 0.4) is 0 Å². The van der Waals surface area contributed by atoms with E-state index in [-0.39, 0.29) is 23.6 Å². The smallest absolute Gasteiger partial charge is 0.200 e. The maximum Gasteiger partial charge on any atom is 0.200 e. The molecule has 2 heterocycles. The molecule has 1 N–H and O–H groups in total. The number of benzene rings is 2. The molecule has 142 valence electrons. The molecule has 0 amide bonds. The van der Waals surface area contributed by atoms with E-state index in [4.69, 9.17) is 4.42 Å². The van der Waals surface area contributed by atoms with Gasteiger partial charge in [0.05, 0.1) is 16.5 Å². The highest BCUT2D eigenvalue weighted by molar-refractivity contribution is 5.86. The Labute approximate surface area is 164 Å². The quantitative estimate of drug-likeness (QED) is 0.692. The number of phenolic OH excluding ortho intramolecular Hbond substituents is 1. The number of phenols is 1. The van der Waals surface area contributed by atoms with Gasteiger partial charge in [-0.25, -0.2) is 0 Å². The molecule has 0 aliphatic carbocycles. The second kappa shape index (κ2) is 8.59. The van der Waals surface area contributed by atoms with Crippen molar-refractivity contribution >= 4 is 23.4 Å². The van der Waals surface area contributed by atoms with E-state index in [0.29, 0.717) is 28.6 Å². The monoisotopic (exact) mass is 385 g/mol. The Bertz CT molecular complexity index is 960. The molecule has 1 saturated heterocycles. The van der Waals surface area contributed by atoms with Crippen LogP contribution in [0.25, 0.3) is 22.1 Å². The van der Waals surface area contributed by atoms with Gasteiger partial charge in [-0.3, -0.25) is 9.69 Å². The Kier molecular flexibility index (Phi) is 6.19. The Hall–Kier alpha value is -2.30. The highest BCUT2D eigenvalue weighted by Gasteiger charge is 2.18. The SMILES string of the molecule is Cl.O=c1c(-c2ccccc2)coc2c(CN3CCCCCC3)c(O)ccc12. The average molecular weight is 386 g/mol. The van der Waals surface area contributed by atoms with Crippen LogP contribution in [0.4, 0.5) is 0 Å². The van der Waals surface area contributed by atoms with Crippen molar-refractivity contribution in [2.24, 2.45) is 0 Å². The zero-order valence-corrected chi connectivity index (χ0v) is 16.0. The maximum atomic E-state index is 13.0. The van der Waals surface area contributed by atoms with Crippen molar-refractivity contribution < 1.29 is 9.52 Å². The lowest BCUT2D eigenvalue weighted by molar-refractivity contribution is 0.272.